The number of rotatable bonds is 4. The van der Waals surface area contributed by atoms with E-state index in [4.69, 9.17) is 10.4 Å². The molecule has 0 saturated heterocycles. The number of nitrogens with one attached hydrogen (secondary N) is 1. The maximum absolute atomic E-state index is 11.1. The minimum Gasteiger partial charge on any atom is -0.480 e. The third-order valence-electron chi connectivity index (χ3n) is 2.47. The van der Waals surface area contributed by atoms with E-state index < -0.39 is 11.5 Å². The average Bonchev–Trinajstić information content (AvgIpc) is 2.29. The van der Waals surface area contributed by atoms with Crippen LogP contribution in [-0.4, -0.2) is 21.6 Å². The van der Waals surface area contributed by atoms with Gasteiger partial charge in [0.2, 0.25) is 0 Å². The van der Waals surface area contributed by atoms with Gasteiger partial charge in [0.15, 0.2) is 0 Å². The molecule has 0 saturated carbocycles. The summed E-state index contributed by atoms with van der Waals surface area (Å²) in [5, 5.41) is 20.6. The van der Waals surface area contributed by atoms with Crippen LogP contribution in [0.5, 0.6) is 0 Å². The lowest BCUT2D eigenvalue weighted by atomic mass is 9.99. The maximum atomic E-state index is 11.1. The first-order valence-corrected chi connectivity index (χ1v) is 4.89. The molecule has 0 radical (unpaired) electrons. The van der Waals surface area contributed by atoms with Crippen LogP contribution >= 0.6 is 0 Å². The lowest BCUT2D eigenvalue weighted by Gasteiger charge is -2.25. The summed E-state index contributed by atoms with van der Waals surface area (Å²) < 4.78 is 0. The molecule has 0 fully saturated rings. The first-order chi connectivity index (χ1) is 7.51. The number of nitrogens with zero attached hydrogens (tertiary/aromatic N) is 2. The second kappa shape index (κ2) is 4.62. The van der Waals surface area contributed by atoms with Crippen molar-refractivity contribution in [1.82, 2.24) is 4.98 Å². The lowest BCUT2D eigenvalue weighted by Crippen LogP contribution is -2.42. The molecule has 1 aromatic rings. The van der Waals surface area contributed by atoms with Crippen LogP contribution in [0, 0.1) is 11.3 Å². The fourth-order valence-electron chi connectivity index (χ4n) is 1.18. The largest absolute Gasteiger partial charge is 0.480 e. The number of aliphatic carboxylic acids is 1. The van der Waals surface area contributed by atoms with Gasteiger partial charge in [-0.05, 0) is 25.5 Å². The number of pyridine rings is 1. The van der Waals surface area contributed by atoms with Crippen LogP contribution < -0.4 is 5.32 Å². The SMILES string of the molecule is CCC(C)(Nc1ccnc(C#N)c1)C(=O)O. The van der Waals surface area contributed by atoms with E-state index in [0.717, 1.165) is 0 Å². The minimum absolute atomic E-state index is 0.258. The third-order valence-corrected chi connectivity index (χ3v) is 2.47. The Kier molecular flexibility index (Phi) is 3.46. The van der Waals surface area contributed by atoms with Crippen molar-refractivity contribution in [3.63, 3.8) is 0 Å². The van der Waals surface area contributed by atoms with Crippen molar-refractivity contribution in [2.75, 3.05) is 5.32 Å². The highest BCUT2D eigenvalue weighted by Crippen LogP contribution is 2.18. The van der Waals surface area contributed by atoms with Crippen molar-refractivity contribution < 1.29 is 9.90 Å². The summed E-state index contributed by atoms with van der Waals surface area (Å²) in [6, 6.07) is 5.06. The Bertz CT molecular complexity index is 439. The number of nitriles is 1. The molecule has 1 rings (SSSR count). The van der Waals surface area contributed by atoms with E-state index in [-0.39, 0.29) is 5.69 Å². The van der Waals surface area contributed by atoms with Gasteiger partial charge >= 0.3 is 5.97 Å². The smallest absolute Gasteiger partial charge is 0.329 e. The quantitative estimate of drug-likeness (QED) is 0.803. The molecule has 5 nitrogen and oxygen atoms in total. The molecule has 1 heterocycles. The van der Waals surface area contributed by atoms with Crippen LogP contribution in [0.15, 0.2) is 18.3 Å². The molecule has 0 aliphatic rings. The van der Waals surface area contributed by atoms with Crippen molar-refractivity contribution in [3.8, 4) is 6.07 Å². The van der Waals surface area contributed by atoms with Crippen LogP contribution in [0.25, 0.3) is 0 Å². The number of hydrogen-bond acceptors (Lipinski definition) is 4. The van der Waals surface area contributed by atoms with E-state index >= 15 is 0 Å². The number of hydrogen-bond donors (Lipinski definition) is 2. The molecule has 2 N–H and O–H groups in total. The summed E-state index contributed by atoms with van der Waals surface area (Å²) in [6.45, 7) is 3.38. The van der Waals surface area contributed by atoms with Gasteiger partial charge < -0.3 is 10.4 Å². The molecule has 16 heavy (non-hydrogen) atoms. The number of anilines is 1. The number of carbonyl (C=O) groups is 1. The van der Waals surface area contributed by atoms with Gasteiger partial charge in [-0.25, -0.2) is 9.78 Å². The zero-order valence-electron chi connectivity index (χ0n) is 9.19. The molecule has 0 aliphatic heterocycles. The van der Waals surface area contributed by atoms with Gasteiger partial charge in [0.1, 0.15) is 17.3 Å². The van der Waals surface area contributed by atoms with E-state index in [9.17, 15) is 4.79 Å². The van der Waals surface area contributed by atoms with Crippen LogP contribution in [0.1, 0.15) is 26.0 Å². The van der Waals surface area contributed by atoms with Gasteiger partial charge in [-0.1, -0.05) is 6.92 Å². The van der Waals surface area contributed by atoms with E-state index in [1.165, 1.54) is 12.3 Å². The monoisotopic (exact) mass is 219 g/mol. The molecule has 0 aliphatic carbocycles. The van der Waals surface area contributed by atoms with E-state index in [1.807, 2.05) is 6.07 Å². The standard InChI is InChI=1S/C11H13N3O2/c1-3-11(2,10(15)16)14-8-4-5-13-9(6-8)7-12/h4-6H,3H2,1-2H3,(H,13,14)(H,15,16). The molecule has 1 aromatic heterocycles. The fourth-order valence-corrected chi connectivity index (χ4v) is 1.18. The Morgan fingerprint density at radius 3 is 2.94 bits per heavy atom. The number of aromatic nitrogens is 1. The maximum Gasteiger partial charge on any atom is 0.329 e. The fraction of sp³-hybridized carbons (Fsp3) is 0.364. The molecular formula is C11H13N3O2. The van der Waals surface area contributed by atoms with Crippen molar-refractivity contribution in [2.45, 2.75) is 25.8 Å². The Morgan fingerprint density at radius 2 is 2.44 bits per heavy atom. The third kappa shape index (κ3) is 2.48. The summed E-state index contributed by atoms with van der Waals surface area (Å²) >= 11 is 0. The Balaban J connectivity index is 2.95. The molecule has 1 atom stereocenters. The Labute approximate surface area is 93.7 Å². The van der Waals surface area contributed by atoms with Crippen LogP contribution in [0.4, 0.5) is 5.69 Å². The highest BCUT2D eigenvalue weighted by atomic mass is 16.4. The average molecular weight is 219 g/mol. The van der Waals surface area contributed by atoms with Gasteiger partial charge in [0.25, 0.3) is 0 Å². The van der Waals surface area contributed by atoms with Gasteiger partial charge in [0, 0.05) is 11.9 Å². The van der Waals surface area contributed by atoms with E-state index in [0.29, 0.717) is 12.1 Å². The Hall–Kier alpha value is -2.09. The summed E-state index contributed by atoms with van der Waals surface area (Å²) in [5.74, 6) is -0.926. The molecular weight excluding hydrogens is 206 g/mol. The summed E-state index contributed by atoms with van der Waals surface area (Å²) in [5.41, 5.74) is -0.194. The predicted octanol–water partition coefficient (Wildman–Crippen LogP) is 1.62. The highest BCUT2D eigenvalue weighted by Gasteiger charge is 2.30. The van der Waals surface area contributed by atoms with Crippen LogP contribution in [-0.2, 0) is 4.79 Å². The molecule has 0 spiro atoms. The first kappa shape index (κ1) is 12.0. The molecule has 84 valence electrons. The second-order valence-electron chi connectivity index (χ2n) is 3.66. The molecule has 0 aromatic carbocycles. The lowest BCUT2D eigenvalue weighted by molar-refractivity contribution is -0.141. The van der Waals surface area contributed by atoms with Gasteiger partial charge in [-0.2, -0.15) is 5.26 Å². The van der Waals surface area contributed by atoms with Crippen molar-refractivity contribution >= 4 is 11.7 Å². The molecule has 5 heteroatoms. The molecule has 0 bridgehead atoms. The van der Waals surface area contributed by atoms with Gasteiger partial charge in [-0.15, -0.1) is 0 Å². The minimum atomic E-state index is -1.03. The first-order valence-electron chi connectivity index (χ1n) is 4.89. The van der Waals surface area contributed by atoms with Crippen molar-refractivity contribution in [2.24, 2.45) is 0 Å². The topological polar surface area (TPSA) is 86.0 Å². The van der Waals surface area contributed by atoms with E-state index in [1.54, 1.807) is 19.9 Å². The van der Waals surface area contributed by atoms with Crippen molar-refractivity contribution in [1.29, 1.82) is 5.26 Å². The normalized spacial score (nSPS) is 13.6. The van der Waals surface area contributed by atoms with Gasteiger partial charge in [-0.3, -0.25) is 0 Å². The summed E-state index contributed by atoms with van der Waals surface area (Å²) in [7, 11) is 0. The zero-order valence-corrected chi connectivity index (χ0v) is 9.19. The molecule has 0 amide bonds. The van der Waals surface area contributed by atoms with Crippen molar-refractivity contribution in [3.05, 3.63) is 24.0 Å². The van der Waals surface area contributed by atoms with Gasteiger partial charge in [0.05, 0.1) is 0 Å². The van der Waals surface area contributed by atoms with E-state index in [2.05, 4.69) is 10.3 Å². The molecule has 1 unspecified atom stereocenters. The summed E-state index contributed by atoms with van der Waals surface area (Å²) in [4.78, 5) is 14.9. The summed E-state index contributed by atoms with van der Waals surface area (Å²) in [6.07, 6.45) is 1.91. The van der Waals surface area contributed by atoms with Crippen LogP contribution in [0.2, 0.25) is 0 Å². The highest BCUT2D eigenvalue weighted by molar-refractivity contribution is 5.82. The zero-order chi connectivity index (χ0) is 12.2. The Morgan fingerprint density at radius 1 is 1.75 bits per heavy atom. The predicted molar refractivity (Wildman–Crippen MR) is 58.9 cm³/mol. The number of carboxylic acids is 1. The number of carboxylic acid groups (broad SMARTS) is 1. The second-order valence-corrected chi connectivity index (χ2v) is 3.66. The van der Waals surface area contributed by atoms with Crippen LogP contribution in [0.3, 0.4) is 0 Å².